The van der Waals surface area contributed by atoms with Crippen LogP contribution < -0.4 is 10.2 Å². The molecule has 2 heterocycles. The normalized spacial score (nSPS) is 24.1. The Bertz CT molecular complexity index is 378. The van der Waals surface area contributed by atoms with E-state index < -0.39 is 0 Å². The van der Waals surface area contributed by atoms with Crippen molar-refractivity contribution >= 4 is 34.0 Å². The number of fused-ring (bicyclic) bond motifs is 3. The van der Waals surface area contributed by atoms with Crippen LogP contribution in [-0.2, 0) is 0 Å². The molecule has 1 saturated heterocycles. The summed E-state index contributed by atoms with van der Waals surface area (Å²) in [5, 5.41) is 3.55. The van der Waals surface area contributed by atoms with E-state index >= 15 is 0 Å². The molecule has 1 N–H and O–H groups in total. The number of hydrogen-bond donors (Lipinski definition) is 1. The Morgan fingerprint density at radius 3 is 3.20 bits per heavy atom. The van der Waals surface area contributed by atoms with Crippen LogP contribution >= 0.6 is 22.6 Å². The van der Waals surface area contributed by atoms with Crippen LogP contribution in [0.5, 0.6) is 0 Å². The lowest BCUT2D eigenvalue weighted by molar-refractivity contribution is 0.638. The van der Waals surface area contributed by atoms with Crippen LogP contribution in [0.3, 0.4) is 0 Å². The summed E-state index contributed by atoms with van der Waals surface area (Å²) in [6.45, 7) is 2.36. The summed E-state index contributed by atoms with van der Waals surface area (Å²) in [6, 6.07) is 7.52. The van der Waals surface area contributed by atoms with Crippen LogP contribution in [0.2, 0.25) is 0 Å². The van der Waals surface area contributed by atoms with Gasteiger partial charge in [0.05, 0.1) is 11.4 Å². The largest absolute Gasteiger partial charge is 0.383 e. The Balaban J connectivity index is 2.05. The van der Waals surface area contributed by atoms with E-state index in [0.29, 0.717) is 0 Å². The standard InChI is InChI=1S/C12H15IN2/c13-9-3-4-12-11(8-9)14-6-5-10-2-1-7-15(10)12/h3-4,8,10,14H,1-2,5-7H2. The van der Waals surface area contributed by atoms with Gasteiger partial charge in [0.25, 0.3) is 0 Å². The third-order valence-electron chi connectivity index (χ3n) is 3.44. The molecule has 1 unspecified atom stereocenters. The van der Waals surface area contributed by atoms with Gasteiger partial charge in [-0.2, -0.15) is 0 Å². The van der Waals surface area contributed by atoms with E-state index in [9.17, 15) is 0 Å². The molecule has 0 aromatic heterocycles. The van der Waals surface area contributed by atoms with Gasteiger partial charge < -0.3 is 10.2 Å². The van der Waals surface area contributed by atoms with Gasteiger partial charge in [0.15, 0.2) is 0 Å². The molecule has 0 bridgehead atoms. The molecule has 0 spiro atoms. The van der Waals surface area contributed by atoms with Gasteiger partial charge in [-0.05, 0) is 60.1 Å². The van der Waals surface area contributed by atoms with Crippen molar-refractivity contribution in [3.8, 4) is 0 Å². The molecule has 1 fully saturated rings. The predicted molar refractivity (Wildman–Crippen MR) is 72.6 cm³/mol. The molecule has 0 aliphatic carbocycles. The van der Waals surface area contributed by atoms with E-state index in [1.54, 1.807) is 0 Å². The number of nitrogens with zero attached hydrogens (tertiary/aromatic N) is 1. The van der Waals surface area contributed by atoms with Crippen LogP contribution in [0, 0.1) is 3.57 Å². The fraction of sp³-hybridized carbons (Fsp3) is 0.500. The zero-order chi connectivity index (χ0) is 10.3. The maximum atomic E-state index is 3.55. The first-order valence-corrected chi connectivity index (χ1v) is 6.72. The Morgan fingerprint density at radius 2 is 2.27 bits per heavy atom. The molecule has 3 rings (SSSR count). The van der Waals surface area contributed by atoms with E-state index in [1.807, 2.05) is 0 Å². The Morgan fingerprint density at radius 1 is 1.33 bits per heavy atom. The second-order valence-electron chi connectivity index (χ2n) is 4.37. The molecule has 0 amide bonds. The number of hydrogen-bond acceptors (Lipinski definition) is 2. The second kappa shape index (κ2) is 3.85. The van der Waals surface area contributed by atoms with Gasteiger partial charge in [0.1, 0.15) is 0 Å². The molecular weight excluding hydrogens is 299 g/mol. The fourth-order valence-corrected chi connectivity index (χ4v) is 3.22. The lowest BCUT2D eigenvalue weighted by atomic mass is 10.1. The van der Waals surface area contributed by atoms with Crippen molar-refractivity contribution in [2.24, 2.45) is 0 Å². The minimum atomic E-state index is 0.777. The van der Waals surface area contributed by atoms with Crippen molar-refractivity contribution in [1.82, 2.24) is 0 Å². The van der Waals surface area contributed by atoms with Crippen LogP contribution in [0.4, 0.5) is 11.4 Å². The Hall–Kier alpha value is -0.450. The molecule has 80 valence electrons. The second-order valence-corrected chi connectivity index (χ2v) is 5.61. The minimum absolute atomic E-state index is 0.777. The predicted octanol–water partition coefficient (Wildman–Crippen LogP) is 3.08. The van der Waals surface area contributed by atoms with Gasteiger partial charge >= 0.3 is 0 Å². The molecule has 1 aromatic carbocycles. The summed E-state index contributed by atoms with van der Waals surface area (Å²) in [7, 11) is 0. The maximum Gasteiger partial charge on any atom is 0.0605 e. The van der Waals surface area contributed by atoms with E-state index in [2.05, 4.69) is 51.0 Å². The van der Waals surface area contributed by atoms with E-state index in [0.717, 1.165) is 12.6 Å². The summed E-state index contributed by atoms with van der Waals surface area (Å²) < 4.78 is 1.32. The monoisotopic (exact) mass is 314 g/mol. The summed E-state index contributed by atoms with van der Waals surface area (Å²) in [4.78, 5) is 2.59. The molecule has 2 aliphatic rings. The van der Waals surface area contributed by atoms with Crippen LogP contribution in [0.25, 0.3) is 0 Å². The molecule has 3 heteroatoms. The smallest absolute Gasteiger partial charge is 0.0605 e. The topological polar surface area (TPSA) is 15.3 Å². The van der Waals surface area contributed by atoms with Crippen LogP contribution in [0.1, 0.15) is 19.3 Å². The minimum Gasteiger partial charge on any atom is -0.383 e. The van der Waals surface area contributed by atoms with Gasteiger partial charge in [0.2, 0.25) is 0 Å². The summed E-state index contributed by atoms with van der Waals surface area (Å²) >= 11 is 2.38. The van der Waals surface area contributed by atoms with E-state index in [-0.39, 0.29) is 0 Å². The number of benzene rings is 1. The lowest BCUT2D eigenvalue weighted by Crippen LogP contribution is -2.28. The Labute approximate surface area is 104 Å². The highest BCUT2D eigenvalue weighted by molar-refractivity contribution is 14.1. The zero-order valence-corrected chi connectivity index (χ0v) is 10.8. The van der Waals surface area contributed by atoms with Gasteiger partial charge in [0, 0.05) is 22.7 Å². The first-order valence-electron chi connectivity index (χ1n) is 5.65. The summed E-state index contributed by atoms with van der Waals surface area (Å²) in [6.07, 6.45) is 4.01. The number of nitrogens with one attached hydrogen (secondary N) is 1. The highest BCUT2D eigenvalue weighted by Gasteiger charge is 2.28. The third kappa shape index (κ3) is 1.71. The SMILES string of the molecule is Ic1ccc2c(c1)NCCC1CCCN21. The molecule has 2 aliphatic heterocycles. The Kier molecular flexibility index (Phi) is 2.50. The highest BCUT2D eigenvalue weighted by atomic mass is 127. The van der Waals surface area contributed by atoms with Crippen molar-refractivity contribution in [2.45, 2.75) is 25.3 Å². The van der Waals surface area contributed by atoms with Gasteiger partial charge in [-0.15, -0.1) is 0 Å². The third-order valence-corrected chi connectivity index (χ3v) is 4.11. The van der Waals surface area contributed by atoms with Crippen LogP contribution in [0.15, 0.2) is 18.2 Å². The molecule has 0 radical (unpaired) electrons. The maximum absolute atomic E-state index is 3.55. The quantitative estimate of drug-likeness (QED) is 0.741. The molecule has 1 aromatic rings. The molecule has 1 atom stereocenters. The lowest BCUT2D eigenvalue weighted by Gasteiger charge is -2.25. The number of rotatable bonds is 0. The van der Waals surface area contributed by atoms with Crippen molar-refractivity contribution in [3.63, 3.8) is 0 Å². The molecule has 0 saturated carbocycles. The summed E-state index contributed by atoms with van der Waals surface area (Å²) in [5.74, 6) is 0. The average Bonchev–Trinajstić information content (AvgIpc) is 2.61. The van der Waals surface area contributed by atoms with Crippen molar-refractivity contribution in [2.75, 3.05) is 23.3 Å². The van der Waals surface area contributed by atoms with E-state index in [4.69, 9.17) is 0 Å². The molecular formula is C12H15IN2. The highest BCUT2D eigenvalue weighted by Crippen LogP contribution is 2.36. The average molecular weight is 314 g/mol. The van der Waals surface area contributed by atoms with Crippen molar-refractivity contribution in [1.29, 1.82) is 0 Å². The first kappa shape index (κ1) is 9.75. The van der Waals surface area contributed by atoms with Gasteiger partial charge in [-0.3, -0.25) is 0 Å². The van der Waals surface area contributed by atoms with Gasteiger partial charge in [-0.25, -0.2) is 0 Å². The number of halogens is 1. The van der Waals surface area contributed by atoms with E-state index in [1.165, 1.54) is 40.8 Å². The molecule has 2 nitrogen and oxygen atoms in total. The first-order chi connectivity index (χ1) is 7.34. The van der Waals surface area contributed by atoms with Crippen molar-refractivity contribution in [3.05, 3.63) is 21.8 Å². The van der Waals surface area contributed by atoms with Crippen LogP contribution in [-0.4, -0.2) is 19.1 Å². The summed E-state index contributed by atoms with van der Waals surface area (Å²) in [5.41, 5.74) is 2.74. The number of anilines is 2. The zero-order valence-electron chi connectivity index (χ0n) is 8.67. The van der Waals surface area contributed by atoms with Gasteiger partial charge in [-0.1, -0.05) is 0 Å². The molecule has 15 heavy (non-hydrogen) atoms. The fourth-order valence-electron chi connectivity index (χ4n) is 2.73. The van der Waals surface area contributed by atoms with Crippen molar-refractivity contribution < 1.29 is 0 Å².